The second kappa shape index (κ2) is 7.38. The van der Waals surface area contributed by atoms with Crippen molar-refractivity contribution >= 4 is 22.8 Å². The second-order valence-corrected chi connectivity index (χ2v) is 7.00. The third-order valence-electron chi connectivity index (χ3n) is 5.28. The summed E-state index contributed by atoms with van der Waals surface area (Å²) < 4.78 is 1.08. The third kappa shape index (κ3) is 3.51. The van der Waals surface area contributed by atoms with E-state index in [1.807, 2.05) is 0 Å². The molecule has 1 saturated carbocycles. The van der Waals surface area contributed by atoms with Crippen molar-refractivity contribution < 1.29 is 14.7 Å². The lowest BCUT2D eigenvalue weighted by molar-refractivity contribution is -0.145. The number of carbonyl (C=O) groups is 2. The minimum atomic E-state index is -1.28. The molecule has 0 saturated heterocycles. The molecule has 0 unspecified atom stereocenters. The van der Waals surface area contributed by atoms with Crippen molar-refractivity contribution in [3.63, 3.8) is 0 Å². The van der Waals surface area contributed by atoms with Gasteiger partial charge in [-0.15, -0.1) is 0 Å². The van der Waals surface area contributed by atoms with E-state index in [0.717, 1.165) is 30.3 Å². The first-order chi connectivity index (χ1) is 12.9. The van der Waals surface area contributed by atoms with E-state index in [1.165, 1.54) is 18.2 Å². The fourth-order valence-electron chi connectivity index (χ4n) is 3.70. The number of nitrogens with one attached hydrogen (secondary N) is 2. The highest BCUT2D eigenvalue weighted by molar-refractivity contribution is 6.00. The van der Waals surface area contributed by atoms with Crippen LogP contribution in [-0.4, -0.2) is 32.1 Å². The lowest BCUT2D eigenvalue weighted by Gasteiger charge is -2.29. The number of fused-ring (bicyclic) bond motifs is 1. The number of hydrogen-bond acceptors (Lipinski definition) is 4. The first-order valence-corrected chi connectivity index (χ1v) is 9.21. The molecule has 0 atom stereocenters. The Morgan fingerprint density at radius 2 is 1.85 bits per heavy atom. The molecule has 27 heavy (non-hydrogen) atoms. The van der Waals surface area contributed by atoms with Gasteiger partial charge in [-0.25, -0.2) is 9.59 Å². The number of benzene rings is 1. The number of aromatic nitrogens is 2. The standard InChI is InChI=1S/C19H23N3O5/c1-2-22-16(24)13-8-7-12(11-14(13)20-18(22)27)15(23)21-19(17(25)26)9-5-3-4-6-10-19/h7-8,11H,2-6,9-10H2,1H3,(H,20,27)(H,21,23)(H,25,26). The van der Waals surface area contributed by atoms with Crippen LogP contribution < -0.4 is 16.6 Å². The number of carbonyl (C=O) groups excluding carboxylic acids is 1. The van der Waals surface area contributed by atoms with Crippen molar-refractivity contribution in [1.82, 2.24) is 14.9 Å². The number of H-pyrrole nitrogens is 1. The summed E-state index contributed by atoms with van der Waals surface area (Å²) in [6, 6.07) is 4.37. The Bertz CT molecular complexity index is 997. The molecule has 0 spiro atoms. The van der Waals surface area contributed by atoms with Crippen molar-refractivity contribution in [1.29, 1.82) is 0 Å². The van der Waals surface area contributed by atoms with Gasteiger partial charge < -0.3 is 15.4 Å². The van der Waals surface area contributed by atoms with Gasteiger partial charge in [-0.3, -0.25) is 14.2 Å². The monoisotopic (exact) mass is 373 g/mol. The fourth-order valence-corrected chi connectivity index (χ4v) is 3.70. The maximum Gasteiger partial charge on any atom is 0.329 e. The van der Waals surface area contributed by atoms with E-state index in [4.69, 9.17) is 0 Å². The van der Waals surface area contributed by atoms with Gasteiger partial charge in [0.25, 0.3) is 11.5 Å². The van der Waals surface area contributed by atoms with Crippen LogP contribution in [-0.2, 0) is 11.3 Å². The number of carboxylic acid groups (broad SMARTS) is 1. The van der Waals surface area contributed by atoms with Gasteiger partial charge >= 0.3 is 11.7 Å². The molecule has 8 nitrogen and oxygen atoms in total. The first-order valence-electron chi connectivity index (χ1n) is 9.21. The highest BCUT2D eigenvalue weighted by Gasteiger charge is 2.40. The van der Waals surface area contributed by atoms with Gasteiger partial charge in [0.15, 0.2) is 0 Å². The molecule has 1 heterocycles. The number of aliphatic carboxylic acids is 1. The number of amides is 1. The van der Waals surface area contributed by atoms with Crippen LogP contribution in [0.2, 0.25) is 0 Å². The lowest BCUT2D eigenvalue weighted by atomic mass is 9.89. The van der Waals surface area contributed by atoms with E-state index in [2.05, 4.69) is 10.3 Å². The predicted octanol–water partition coefficient (Wildman–Crippen LogP) is 1.62. The van der Waals surface area contributed by atoms with Gasteiger partial charge in [0.2, 0.25) is 0 Å². The maximum absolute atomic E-state index is 12.7. The van der Waals surface area contributed by atoms with Crippen molar-refractivity contribution in [2.75, 3.05) is 0 Å². The van der Waals surface area contributed by atoms with Crippen LogP contribution in [0.4, 0.5) is 0 Å². The maximum atomic E-state index is 12.7. The van der Waals surface area contributed by atoms with E-state index >= 15 is 0 Å². The topological polar surface area (TPSA) is 121 Å². The van der Waals surface area contributed by atoms with Crippen LogP contribution in [0.25, 0.3) is 10.9 Å². The van der Waals surface area contributed by atoms with Crippen molar-refractivity contribution in [2.24, 2.45) is 0 Å². The third-order valence-corrected chi connectivity index (χ3v) is 5.28. The quantitative estimate of drug-likeness (QED) is 0.703. The van der Waals surface area contributed by atoms with Gasteiger partial charge in [0, 0.05) is 12.1 Å². The summed E-state index contributed by atoms with van der Waals surface area (Å²) in [7, 11) is 0. The summed E-state index contributed by atoms with van der Waals surface area (Å²) in [4.78, 5) is 51.5. The van der Waals surface area contributed by atoms with Crippen LogP contribution >= 0.6 is 0 Å². The number of nitrogens with zero attached hydrogens (tertiary/aromatic N) is 1. The number of hydrogen-bond donors (Lipinski definition) is 3. The van der Waals surface area contributed by atoms with Crippen molar-refractivity contribution in [3.8, 4) is 0 Å². The molecule has 1 aliphatic rings. The zero-order valence-electron chi connectivity index (χ0n) is 15.2. The molecule has 1 fully saturated rings. The molecule has 1 amide bonds. The molecular weight excluding hydrogens is 350 g/mol. The van der Waals surface area contributed by atoms with Gasteiger partial charge in [-0.2, -0.15) is 0 Å². The van der Waals surface area contributed by atoms with Crippen LogP contribution in [0.1, 0.15) is 55.8 Å². The van der Waals surface area contributed by atoms with E-state index in [0.29, 0.717) is 18.2 Å². The SMILES string of the molecule is CCn1c(=O)[nH]c2cc(C(=O)NC3(C(=O)O)CCCCCC3)ccc2c1=O. The average Bonchev–Trinajstić information content (AvgIpc) is 2.88. The predicted molar refractivity (Wildman–Crippen MR) is 100 cm³/mol. The summed E-state index contributed by atoms with van der Waals surface area (Å²) >= 11 is 0. The second-order valence-electron chi connectivity index (χ2n) is 7.00. The fraction of sp³-hybridized carbons (Fsp3) is 0.474. The Balaban J connectivity index is 1.97. The highest BCUT2D eigenvalue weighted by Crippen LogP contribution is 2.28. The van der Waals surface area contributed by atoms with E-state index < -0.39 is 28.7 Å². The lowest BCUT2D eigenvalue weighted by Crippen LogP contribution is -2.54. The first kappa shape index (κ1) is 18.9. The molecule has 0 bridgehead atoms. The summed E-state index contributed by atoms with van der Waals surface area (Å²) in [6.07, 6.45) is 4.17. The van der Waals surface area contributed by atoms with E-state index in [9.17, 15) is 24.3 Å². The Kier molecular flexibility index (Phi) is 5.16. The molecule has 0 radical (unpaired) electrons. The normalized spacial score (nSPS) is 16.6. The largest absolute Gasteiger partial charge is 0.480 e. The van der Waals surface area contributed by atoms with E-state index in [1.54, 1.807) is 6.92 Å². The zero-order chi connectivity index (χ0) is 19.6. The molecule has 8 heteroatoms. The molecule has 2 aromatic rings. The molecule has 1 aromatic carbocycles. The number of aromatic amines is 1. The highest BCUT2D eigenvalue weighted by atomic mass is 16.4. The molecule has 0 aliphatic heterocycles. The summed E-state index contributed by atoms with van der Waals surface area (Å²) in [5, 5.41) is 12.7. The van der Waals surface area contributed by atoms with Crippen LogP contribution in [0.3, 0.4) is 0 Å². The average molecular weight is 373 g/mol. The van der Waals surface area contributed by atoms with Gasteiger partial charge in [-0.05, 0) is 38.0 Å². The Morgan fingerprint density at radius 3 is 2.44 bits per heavy atom. The molecule has 1 aromatic heterocycles. The van der Waals surface area contributed by atoms with Crippen LogP contribution in [0.15, 0.2) is 27.8 Å². The van der Waals surface area contributed by atoms with Crippen LogP contribution in [0, 0.1) is 0 Å². The van der Waals surface area contributed by atoms with Gasteiger partial charge in [0.1, 0.15) is 5.54 Å². The molecular formula is C19H23N3O5. The van der Waals surface area contributed by atoms with Gasteiger partial charge in [0.05, 0.1) is 10.9 Å². The Morgan fingerprint density at radius 1 is 1.19 bits per heavy atom. The Labute approximate surface area is 155 Å². The number of carboxylic acids is 1. The smallest absolute Gasteiger partial charge is 0.329 e. The number of rotatable bonds is 4. The molecule has 3 N–H and O–H groups in total. The van der Waals surface area contributed by atoms with Crippen LogP contribution in [0.5, 0.6) is 0 Å². The summed E-state index contributed by atoms with van der Waals surface area (Å²) in [6.45, 7) is 1.94. The molecule has 144 valence electrons. The molecule has 1 aliphatic carbocycles. The van der Waals surface area contributed by atoms with Crippen molar-refractivity contribution in [3.05, 3.63) is 44.6 Å². The Hall–Kier alpha value is -2.90. The zero-order valence-corrected chi connectivity index (χ0v) is 15.2. The van der Waals surface area contributed by atoms with Crippen molar-refractivity contribution in [2.45, 2.75) is 57.5 Å². The summed E-state index contributed by atoms with van der Waals surface area (Å²) in [5.74, 6) is -1.56. The minimum Gasteiger partial charge on any atom is -0.480 e. The minimum absolute atomic E-state index is 0.205. The summed E-state index contributed by atoms with van der Waals surface area (Å²) in [5.41, 5.74) is -1.78. The van der Waals surface area contributed by atoms with Gasteiger partial charge in [-0.1, -0.05) is 25.7 Å². The van der Waals surface area contributed by atoms with E-state index in [-0.39, 0.29) is 17.6 Å². The molecule has 3 rings (SSSR count).